The predicted octanol–water partition coefficient (Wildman–Crippen LogP) is 2.49. The van der Waals surface area contributed by atoms with Gasteiger partial charge in [-0.1, -0.05) is 37.6 Å². The lowest BCUT2D eigenvalue weighted by molar-refractivity contribution is -0.0208. The Morgan fingerprint density at radius 2 is 1.87 bits per heavy atom. The number of methoxy groups -OCH3 is 1. The van der Waals surface area contributed by atoms with E-state index in [2.05, 4.69) is 19.1 Å². The topological polar surface area (TPSA) is 29.5 Å². The van der Waals surface area contributed by atoms with E-state index in [9.17, 15) is 5.11 Å². The van der Waals surface area contributed by atoms with E-state index in [1.165, 1.54) is 5.56 Å². The second-order valence-corrected chi connectivity index (χ2v) is 4.15. The first kappa shape index (κ1) is 12.2. The Bertz CT molecular complexity index is 288. The lowest BCUT2D eigenvalue weighted by Crippen LogP contribution is -2.26. The SMILES string of the molecule is CCCc1ccc(C(C)(O)COC)cc1. The van der Waals surface area contributed by atoms with Crippen LogP contribution < -0.4 is 0 Å². The van der Waals surface area contributed by atoms with Crippen molar-refractivity contribution in [2.24, 2.45) is 0 Å². The number of hydrogen-bond donors (Lipinski definition) is 1. The van der Waals surface area contributed by atoms with Crippen LogP contribution >= 0.6 is 0 Å². The van der Waals surface area contributed by atoms with Gasteiger partial charge in [-0.15, -0.1) is 0 Å². The van der Waals surface area contributed by atoms with E-state index < -0.39 is 5.60 Å². The molecule has 0 heterocycles. The molecule has 0 aromatic heterocycles. The number of rotatable bonds is 5. The molecule has 0 saturated carbocycles. The van der Waals surface area contributed by atoms with Gasteiger partial charge in [0, 0.05) is 7.11 Å². The van der Waals surface area contributed by atoms with Crippen LogP contribution in [0.25, 0.3) is 0 Å². The summed E-state index contributed by atoms with van der Waals surface area (Å²) in [5.74, 6) is 0. The van der Waals surface area contributed by atoms with E-state index >= 15 is 0 Å². The van der Waals surface area contributed by atoms with Crippen LogP contribution in [-0.2, 0) is 16.8 Å². The Labute approximate surface area is 91.9 Å². The highest BCUT2D eigenvalue weighted by Gasteiger charge is 2.22. The van der Waals surface area contributed by atoms with Crippen LogP contribution in [0.15, 0.2) is 24.3 Å². The van der Waals surface area contributed by atoms with Crippen molar-refractivity contribution in [2.75, 3.05) is 13.7 Å². The quantitative estimate of drug-likeness (QED) is 0.805. The average Bonchev–Trinajstić information content (AvgIpc) is 2.19. The van der Waals surface area contributed by atoms with Crippen molar-refractivity contribution in [1.29, 1.82) is 0 Å². The molecule has 15 heavy (non-hydrogen) atoms. The standard InChI is InChI=1S/C13H20O2/c1-4-5-11-6-8-12(9-7-11)13(2,14)10-15-3/h6-9,14H,4-5,10H2,1-3H3. The first-order valence-corrected chi connectivity index (χ1v) is 5.41. The molecule has 0 saturated heterocycles. The molecular formula is C13H20O2. The van der Waals surface area contributed by atoms with Gasteiger partial charge in [0.1, 0.15) is 5.60 Å². The van der Waals surface area contributed by atoms with Crippen molar-refractivity contribution < 1.29 is 9.84 Å². The summed E-state index contributed by atoms with van der Waals surface area (Å²) in [5, 5.41) is 10.1. The van der Waals surface area contributed by atoms with E-state index in [-0.39, 0.29) is 0 Å². The molecule has 2 nitrogen and oxygen atoms in total. The van der Waals surface area contributed by atoms with Gasteiger partial charge >= 0.3 is 0 Å². The zero-order valence-corrected chi connectivity index (χ0v) is 9.79. The zero-order valence-electron chi connectivity index (χ0n) is 9.79. The lowest BCUT2D eigenvalue weighted by atomic mass is 9.95. The minimum atomic E-state index is -0.889. The van der Waals surface area contributed by atoms with Crippen LogP contribution in [0, 0.1) is 0 Å². The van der Waals surface area contributed by atoms with E-state index in [0.717, 1.165) is 18.4 Å². The maximum atomic E-state index is 10.1. The molecule has 0 spiro atoms. The normalized spacial score (nSPS) is 14.9. The van der Waals surface area contributed by atoms with Crippen LogP contribution in [0.5, 0.6) is 0 Å². The molecule has 0 amide bonds. The molecule has 1 aromatic rings. The van der Waals surface area contributed by atoms with Crippen molar-refractivity contribution in [3.05, 3.63) is 35.4 Å². The Kier molecular flexibility index (Phi) is 4.30. The smallest absolute Gasteiger partial charge is 0.110 e. The molecule has 0 aliphatic carbocycles. The third-order valence-corrected chi connectivity index (χ3v) is 2.54. The minimum Gasteiger partial charge on any atom is -0.383 e. The molecule has 1 atom stereocenters. The summed E-state index contributed by atoms with van der Waals surface area (Å²) >= 11 is 0. The first-order valence-electron chi connectivity index (χ1n) is 5.41. The van der Waals surface area contributed by atoms with Crippen LogP contribution in [0.4, 0.5) is 0 Å². The number of aliphatic hydroxyl groups is 1. The fourth-order valence-corrected chi connectivity index (χ4v) is 1.68. The van der Waals surface area contributed by atoms with E-state index in [1.54, 1.807) is 14.0 Å². The molecule has 0 bridgehead atoms. The number of hydrogen-bond acceptors (Lipinski definition) is 2. The van der Waals surface area contributed by atoms with Crippen molar-refractivity contribution in [3.8, 4) is 0 Å². The molecule has 1 unspecified atom stereocenters. The Hall–Kier alpha value is -0.860. The van der Waals surface area contributed by atoms with Crippen LogP contribution in [0.1, 0.15) is 31.4 Å². The van der Waals surface area contributed by atoms with Gasteiger partial charge in [-0.3, -0.25) is 0 Å². The van der Waals surface area contributed by atoms with Crippen molar-refractivity contribution in [3.63, 3.8) is 0 Å². The van der Waals surface area contributed by atoms with Crippen molar-refractivity contribution >= 4 is 0 Å². The molecule has 1 rings (SSSR count). The molecule has 1 N–H and O–H groups in total. The summed E-state index contributed by atoms with van der Waals surface area (Å²) in [5.41, 5.74) is 1.33. The molecule has 2 heteroatoms. The van der Waals surface area contributed by atoms with E-state index in [4.69, 9.17) is 4.74 Å². The molecule has 0 fully saturated rings. The second kappa shape index (κ2) is 5.29. The maximum Gasteiger partial charge on any atom is 0.110 e. The van der Waals surface area contributed by atoms with Crippen LogP contribution in [-0.4, -0.2) is 18.8 Å². The van der Waals surface area contributed by atoms with Gasteiger partial charge in [0.2, 0.25) is 0 Å². The number of aryl methyl sites for hydroxylation is 1. The fourth-order valence-electron chi connectivity index (χ4n) is 1.68. The molecule has 84 valence electrons. The maximum absolute atomic E-state index is 10.1. The fraction of sp³-hybridized carbons (Fsp3) is 0.538. The molecule has 0 radical (unpaired) electrons. The number of benzene rings is 1. The summed E-state index contributed by atoms with van der Waals surface area (Å²) in [6.07, 6.45) is 2.24. The summed E-state index contributed by atoms with van der Waals surface area (Å²) in [6, 6.07) is 8.10. The average molecular weight is 208 g/mol. The number of ether oxygens (including phenoxy) is 1. The van der Waals surface area contributed by atoms with Crippen LogP contribution in [0.2, 0.25) is 0 Å². The van der Waals surface area contributed by atoms with Gasteiger partial charge in [-0.25, -0.2) is 0 Å². The molecule has 0 aliphatic heterocycles. The molecule has 0 aliphatic rings. The van der Waals surface area contributed by atoms with E-state index in [1.807, 2.05) is 12.1 Å². The Morgan fingerprint density at radius 3 is 2.33 bits per heavy atom. The van der Waals surface area contributed by atoms with Gasteiger partial charge in [-0.05, 0) is 24.5 Å². The monoisotopic (exact) mass is 208 g/mol. The van der Waals surface area contributed by atoms with Gasteiger partial charge in [-0.2, -0.15) is 0 Å². The minimum absolute atomic E-state index is 0.320. The largest absolute Gasteiger partial charge is 0.383 e. The summed E-state index contributed by atoms with van der Waals surface area (Å²) in [7, 11) is 1.60. The second-order valence-electron chi connectivity index (χ2n) is 4.15. The van der Waals surface area contributed by atoms with Gasteiger partial charge in [0.15, 0.2) is 0 Å². The van der Waals surface area contributed by atoms with Crippen molar-refractivity contribution in [1.82, 2.24) is 0 Å². The zero-order chi connectivity index (χ0) is 11.3. The first-order chi connectivity index (χ1) is 7.10. The highest BCUT2D eigenvalue weighted by Crippen LogP contribution is 2.21. The molecular weight excluding hydrogens is 188 g/mol. The summed E-state index contributed by atoms with van der Waals surface area (Å²) in [6.45, 7) is 4.25. The molecule has 1 aromatic carbocycles. The third kappa shape index (κ3) is 3.33. The highest BCUT2D eigenvalue weighted by molar-refractivity contribution is 5.26. The summed E-state index contributed by atoms with van der Waals surface area (Å²) < 4.78 is 4.99. The van der Waals surface area contributed by atoms with Gasteiger partial charge in [0.25, 0.3) is 0 Å². The lowest BCUT2D eigenvalue weighted by Gasteiger charge is -2.22. The van der Waals surface area contributed by atoms with Gasteiger partial charge in [0.05, 0.1) is 6.61 Å². The summed E-state index contributed by atoms with van der Waals surface area (Å²) in [4.78, 5) is 0. The van der Waals surface area contributed by atoms with Crippen LogP contribution in [0.3, 0.4) is 0 Å². The Morgan fingerprint density at radius 1 is 1.27 bits per heavy atom. The van der Waals surface area contributed by atoms with Gasteiger partial charge < -0.3 is 9.84 Å². The highest BCUT2D eigenvalue weighted by atomic mass is 16.5. The van der Waals surface area contributed by atoms with Crippen molar-refractivity contribution in [2.45, 2.75) is 32.3 Å². The Balaban J connectivity index is 2.78. The third-order valence-electron chi connectivity index (χ3n) is 2.54. The van der Waals surface area contributed by atoms with E-state index in [0.29, 0.717) is 6.61 Å². The predicted molar refractivity (Wildman–Crippen MR) is 61.9 cm³/mol.